The van der Waals surface area contributed by atoms with Crippen molar-refractivity contribution in [2.45, 2.75) is 18.8 Å². The summed E-state index contributed by atoms with van der Waals surface area (Å²) in [6, 6.07) is 4.56. The average molecular weight is 274 g/mol. The van der Waals surface area contributed by atoms with Gasteiger partial charge in [0, 0.05) is 0 Å². The number of halogens is 3. The number of hydrogen-bond donors (Lipinski definition) is 0. The normalized spacial score (nSPS) is 12.7. The minimum Gasteiger partial charge on any atom is -0.248 e. The van der Waals surface area contributed by atoms with E-state index in [0.717, 1.165) is 5.56 Å². The molecule has 2 rings (SSSR count). The third kappa shape index (κ3) is 2.96. The van der Waals surface area contributed by atoms with Gasteiger partial charge in [-0.15, -0.1) is 16.7 Å². The van der Waals surface area contributed by atoms with Gasteiger partial charge in [-0.05, 0) is 24.6 Å². The Bertz CT molecular complexity index is 525. The van der Waals surface area contributed by atoms with Gasteiger partial charge in [-0.2, -0.15) is 0 Å². The fourth-order valence-corrected chi connectivity index (χ4v) is 1.70. The van der Waals surface area contributed by atoms with E-state index in [1.165, 1.54) is 6.07 Å². The van der Waals surface area contributed by atoms with Crippen molar-refractivity contribution >= 4 is 23.2 Å². The van der Waals surface area contributed by atoms with Crippen molar-refractivity contribution in [2.24, 2.45) is 0 Å². The van der Waals surface area contributed by atoms with Gasteiger partial charge in [-0.3, -0.25) is 0 Å². The molecule has 1 unspecified atom stereocenters. The molecular formula is C11H10Cl2FN3. The van der Waals surface area contributed by atoms with Crippen molar-refractivity contribution < 1.29 is 4.39 Å². The molecule has 1 atom stereocenters. The maximum Gasteiger partial charge on any atom is 0.141 e. The molecule has 0 radical (unpaired) electrons. The zero-order valence-electron chi connectivity index (χ0n) is 9.07. The second-order valence-corrected chi connectivity index (χ2v) is 4.77. The lowest BCUT2D eigenvalue weighted by Gasteiger charge is -2.02. The summed E-state index contributed by atoms with van der Waals surface area (Å²) in [6.45, 7) is 2.31. The smallest absolute Gasteiger partial charge is 0.141 e. The third-order valence-electron chi connectivity index (χ3n) is 2.29. The molecule has 6 heteroatoms. The van der Waals surface area contributed by atoms with Crippen LogP contribution in [0.2, 0.25) is 5.02 Å². The summed E-state index contributed by atoms with van der Waals surface area (Å²) in [6.07, 6.45) is 1.76. The number of benzene rings is 1. The maximum atomic E-state index is 13.0. The molecule has 0 aliphatic heterocycles. The molecule has 1 aromatic carbocycles. The van der Waals surface area contributed by atoms with Crippen molar-refractivity contribution in [3.63, 3.8) is 0 Å². The Hall–Kier alpha value is -1.13. The van der Waals surface area contributed by atoms with E-state index in [9.17, 15) is 4.39 Å². The first kappa shape index (κ1) is 12.3. The van der Waals surface area contributed by atoms with Gasteiger partial charge < -0.3 is 0 Å². The summed E-state index contributed by atoms with van der Waals surface area (Å²) in [7, 11) is 0. The summed E-state index contributed by atoms with van der Waals surface area (Å²) in [5.41, 5.74) is 1.56. The first-order valence-corrected chi connectivity index (χ1v) is 5.85. The first-order valence-electron chi connectivity index (χ1n) is 5.04. The van der Waals surface area contributed by atoms with Crippen LogP contribution in [0.4, 0.5) is 4.39 Å². The number of rotatable bonds is 3. The SMILES string of the molecule is CC(Cl)c1cn(Cc2ccc(F)c(Cl)c2)nn1. The Morgan fingerprint density at radius 2 is 2.24 bits per heavy atom. The zero-order valence-corrected chi connectivity index (χ0v) is 10.6. The number of alkyl halides is 1. The Kier molecular flexibility index (Phi) is 3.64. The van der Waals surface area contributed by atoms with Crippen molar-refractivity contribution in [1.29, 1.82) is 0 Å². The lowest BCUT2D eigenvalue weighted by atomic mass is 10.2. The predicted octanol–water partition coefficient (Wildman–Crippen LogP) is 3.42. The van der Waals surface area contributed by atoms with Crippen molar-refractivity contribution in [1.82, 2.24) is 15.0 Å². The Morgan fingerprint density at radius 1 is 1.47 bits per heavy atom. The average Bonchev–Trinajstić information content (AvgIpc) is 2.72. The Labute approximate surface area is 108 Å². The van der Waals surface area contributed by atoms with Crippen LogP contribution in [-0.2, 0) is 6.54 Å². The van der Waals surface area contributed by atoms with Gasteiger partial charge in [-0.1, -0.05) is 22.9 Å². The molecule has 17 heavy (non-hydrogen) atoms. The highest BCUT2D eigenvalue weighted by Gasteiger charge is 2.07. The molecule has 3 nitrogen and oxygen atoms in total. The fourth-order valence-electron chi connectivity index (χ4n) is 1.40. The molecule has 0 saturated carbocycles. The van der Waals surface area contributed by atoms with E-state index in [2.05, 4.69) is 10.3 Å². The molecule has 0 saturated heterocycles. The quantitative estimate of drug-likeness (QED) is 0.803. The fraction of sp³-hybridized carbons (Fsp3) is 0.273. The molecule has 0 amide bonds. The molecule has 0 aliphatic rings. The molecule has 0 spiro atoms. The topological polar surface area (TPSA) is 30.7 Å². The van der Waals surface area contributed by atoms with E-state index in [4.69, 9.17) is 23.2 Å². The molecule has 1 heterocycles. The third-order valence-corrected chi connectivity index (χ3v) is 2.81. The monoisotopic (exact) mass is 273 g/mol. The van der Waals surface area contributed by atoms with Gasteiger partial charge in [0.1, 0.15) is 11.5 Å². The van der Waals surface area contributed by atoms with Gasteiger partial charge in [0.05, 0.1) is 23.1 Å². The van der Waals surface area contributed by atoms with Crippen LogP contribution in [0.25, 0.3) is 0 Å². The molecule has 2 aromatic rings. The van der Waals surface area contributed by atoms with E-state index in [1.807, 2.05) is 6.92 Å². The van der Waals surface area contributed by atoms with Crippen LogP contribution in [0.1, 0.15) is 23.6 Å². The van der Waals surface area contributed by atoms with Gasteiger partial charge >= 0.3 is 0 Å². The minimum absolute atomic E-state index is 0.105. The van der Waals surface area contributed by atoms with E-state index < -0.39 is 5.82 Å². The van der Waals surface area contributed by atoms with Gasteiger partial charge in [0.2, 0.25) is 0 Å². The minimum atomic E-state index is -0.427. The lowest BCUT2D eigenvalue weighted by Crippen LogP contribution is -2.00. The lowest BCUT2D eigenvalue weighted by molar-refractivity contribution is 0.622. The molecule has 1 aromatic heterocycles. The van der Waals surface area contributed by atoms with Crippen LogP contribution in [0.3, 0.4) is 0 Å². The van der Waals surface area contributed by atoms with Crippen LogP contribution in [0, 0.1) is 5.82 Å². The highest BCUT2D eigenvalue weighted by atomic mass is 35.5. The largest absolute Gasteiger partial charge is 0.248 e. The standard InChI is InChI=1S/C11H10Cl2FN3/c1-7(12)11-6-17(16-15-11)5-8-2-3-10(14)9(13)4-8/h2-4,6-7H,5H2,1H3. The van der Waals surface area contributed by atoms with Crippen LogP contribution in [-0.4, -0.2) is 15.0 Å². The number of aromatic nitrogens is 3. The van der Waals surface area contributed by atoms with Crippen LogP contribution >= 0.6 is 23.2 Å². The van der Waals surface area contributed by atoms with Gasteiger partial charge in [0.25, 0.3) is 0 Å². The summed E-state index contributed by atoms with van der Waals surface area (Å²) >= 11 is 11.6. The summed E-state index contributed by atoms with van der Waals surface area (Å²) < 4.78 is 14.6. The van der Waals surface area contributed by atoms with Crippen LogP contribution in [0.15, 0.2) is 24.4 Å². The molecule has 0 aliphatic carbocycles. The van der Waals surface area contributed by atoms with E-state index in [-0.39, 0.29) is 10.4 Å². The Balaban J connectivity index is 2.16. The highest BCUT2D eigenvalue weighted by Crippen LogP contribution is 2.18. The molecule has 0 bridgehead atoms. The molecule has 0 N–H and O–H groups in total. The highest BCUT2D eigenvalue weighted by molar-refractivity contribution is 6.30. The predicted molar refractivity (Wildman–Crippen MR) is 64.8 cm³/mol. The van der Waals surface area contributed by atoms with E-state index in [0.29, 0.717) is 12.2 Å². The number of hydrogen-bond acceptors (Lipinski definition) is 2. The zero-order chi connectivity index (χ0) is 12.4. The molecular weight excluding hydrogens is 264 g/mol. The Morgan fingerprint density at radius 3 is 2.82 bits per heavy atom. The maximum absolute atomic E-state index is 13.0. The van der Waals surface area contributed by atoms with E-state index >= 15 is 0 Å². The summed E-state index contributed by atoms with van der Waals surface area (Å²) in [5, 5.41) is 7.78. The van der Waals surface area contributed by atoms with Gasteiger partial charge in [0.15, 0.2) is 0 Å². The van der Waals surface area contributed by atoms with Crippen molar-refractivity contribution in [3.05, 3.63) is 46.5 Å². The second-order valence-electron chi connectivity index (χ2n) is 3.71. The second kappa shape index (κ2) is 5.02. The van der Waals surface area contributed by atoms with Crippen molar-refractivity contribution in [2.75, 3.05) is 0 Å². The van der Waals surface area contributed by atoms with Crippen LogP contribution < -0.4 is 0 Å². The van der Waals surface area contributed by atoms with Crippen LogP contribution in [0.5, 0.6) is 0 Å². The summed E-state index contributed by atoms with van der Waals surface area (Å²) in [5.74, 6) is -0.427. The first-order chi connectivity index (χ1) is 8.06. The van der Waals surface area contributed by atoms with Gasteiger partial charge in [-0.25, -0.2) is 9.07 Å². The van der Waals surface area contributed by atoms with E-state index in [1.54, 1.807) is 23.0 Å². The molecule has 90 valence electrons. The van der Waals surface area contributed by atoms with Crippen molar-refractivity contribution in [3.8, 4) is 0 Å². The summed E-state index contributed by atoms with van der Waals surface area (Å²) in [4.78, 5) is 0. The molecule has 0 fully saturated rings. The number of nitrogens with zero attached hydrogens (tertiary/aromatic N) is 3.